The summed E-state index contributed by atoms with van der Waals surface area (Å²) in [5.41, 5.74) is 0.406. The number of ether oxygens (including phenoxy) is 2. The molecule has 1 aliphatic carbocycles. The Morgan fingerprint density at radius 2 is 1.96 bits per heavy atom. The van der Waals surface area contributed by atoms with Crippen molar-refractivity contribution in [2.24, 2.45) is 5.92 Å². The van der Waals surface area contributed by atoms with Gasteiger partial charge < -0.3 is 14.4 Å². The van der Waals surface area contributed by atoms with Crippen LogP contribution in [0.3, 0.4) is 0 Å². The number of amides is 1. The maximum absolute atomic E-state index is 12.7. The number of alkyl halides is 2. The lowest BCUT2D eigenvalue weighted by Gasteiger charge is -2.36. The Bertz CT molecular complexity index is 551. The Labute approximate surface area is 135 Å². The number of hydrogen-bond acceptors (Lipinski definition) is 3. The number of nitrogens with zero attached hydrogens (tertiary/aromatic N) is 1. The highest BCUT2D eigenvalue weighted by molar-refractivity contribution is 5.95. The van der Waals surface area contributed by atoms with Crippen molar-refractivity contribution >= 4 is 5.91 Å². The molecule has 0 aliphatic heterocycles. The summed E-state index contributed by atoms with van der Waals surface area (Å²) in [7, 11) is 3.15. The maximum atomic E-state index is 12.7. The molecule has 0 N–H and O–H groups in total. The van der Waals surface area contributed by atoms with Crippen LogP contribution in [0, 0.1) is 5.92 Å². The molecule has 0 radical (unpaired) electrons. The number of hydrogen-bond donors (Lipinski definition) is 0. The quantitative estimate of drug-likeness (QED) is 0.822. The zero-order valence-electron chi connectivity index (χ0n) is 13.7. The van der Waals surface area contributed by atoms with Crippen LogP contribution >= 0.6 is 0 Å². The number of halogens is 2. The van der Waals surface area contributed by atoms with E-state index >= 15 is 0 Å². The Morgan fingerprint density at radius 3 is 2.57 bits per heavy atom. The second-order valence-electron chi connectivity index (χ2n) is 5.99. The average Bonchev–Trinajstić information content (AvgIpc) is 2.54. The summed E-state index contributed by atoms with van der Waals surface area (Å²) in [6.07, 6.45) is 4.43. The van der Waals surface area contributed by atoms with Gasteiger partial charge in [-0.1, -0.05) is 19.8 Å². The van der Waals surface area contributed by atoms with Gasteiger partial charge in [-0.3, -0.25) is 4.79 Å². The zero-order chi connectivity index (χ0) is 17.0. The van der Waals surface area contributed by atoms with E-state index in [4.69, 9.17) is 4.74 Å². The second-order valence-corrected chi connectivity index (χ2v) is 5.99. The number of carbonyl (C=O) groups excluding carboxylic acids is 1. The molecule has 2 rings (SSSR count). The molecule has 2 atom stereocenters. The van der Waals surface area contributed by atoms with Crippen LogP contribution in [0.15, 0.2) is 18.2 Å². The van der Waals surface area contributed by atoms with E-state index in [1.807, 2.05) is 0 Å². The standard InChI is InChI=1S/C17H23F2NO3/c1-11-6-4-5-7-13(11)20(2)16(21)12-8-9-14(23-17(18)19)15(10-12)22-3/h8-11,13,17H,4-7H2,1-3H3. The number of carbonyl (C=O) groups is 1. The van der Waals surface area contributed by atoms with Crippen LogP contribution in [-0.2, 0) is 0 Å². The molecule has 0 bridgehead atoms. The monoisotopic (exact) mass is 327 g/mol. The summed E-state index contributed by atoms with van der Waals surface area (Å²) < 4.78 is 34.2. The minimum absolute atomic E-state index is 0.0762. The fourth-order valence-corrected chi connectivity index (χ4v) is 3.22. The van der Waals surface area contributed by atoms with Gasteiger partial charge in [-0.2, -0.15) is 8.78 Å². The smallest absolute Gasteiger partial charge is 0.387 e. The van der Waals surface area contributed by atoms with Crippen LogP contribution in [0.5, 0.6) is 11.5 Å². The molecule has 2 unspecified atom stereocenters. The molecular weight excluding hydrogens is 304 g/mol. The fourth-order valence-electron chi connectivity index (χ4n) is 3.22. The Kier molecular flexibility index (Phi) is 5.80. The first-order valence-electron chi connectivity index (χ1n) is 7.84. The lowest BCUT2D eigenvalue weighted by molar-refractivity contribution is -0.0512. The molecule has 23 heavy (non-hydrogen) atoms. The molecular formula is C17H23F2NO3. The molecule has 4 nitrogen and oxygen atoms in total. The molecule has 1 saturated carbocycles. The Morgan fingerprint density at radius 1 is 1.26 bits per heavy atom. The van der Waals surface area contributed by atoms with Crippen LogP contribution in [-0.4, -0.2) is 37.6 Å². The van der Waals surface area contributed by atoms with Gasteiger partial charge >= 0.3 is 6.61 Å². The molecule has 1 fully saturated rings. The molecule has 1 aliphatic rings. The summed E-state index contributed by atoms with van der Waals surface area (Å²) >= 11 is 0. The van der Waals surface area contributed by atoms with Crippen molar-refractivity contribution in [2.75, 3.05) is 14.2 Å². The summed E-state index contributed by atoms with van der Waals surface area (Å²) in [6.45, 7) is -0.774. The van der Waals surface area contributed by atoms with Crippen molar-refractivity contribution in [3.63, 3.8) is 0 Å². The van der Waals surface area contributed by atoms with E-state index in [2.05, 4.69) is 11.7 Å². The molecule has 1 aromatic carbocycles. The molecule has 0 spiro atoms. The van der Waals surface area contributed by atoms with Gasteiger partial charge in [0.05, 0.1) is 7.11 Å². The van der Waals surface area contributed by atoms with Crippen molar-refractivity contribution in [3.8, 4) is 11.5 Å². The number of benzene rings is 1. The molecule has 1 amide bonds. The first kappa shape index (κ1) is 17.5. The van der Waals surface area contributed by atoms with Crippen molar-refractivity contribution < 1.29 is 23.0 Å². The van der Waals surface area contributed by atoms with Crippen LogP contribution in [0.2, 0.25) is 0 Å². The van der Waals surface area contributed by atoms with Crippen molar-refractivity contribution in [1.82, 2.24) is 4.90 Å². The van der Waals surface area contributed by atoms with E-state index in [0.717, 1.165) is 19.3 Å². The van der Waals surface area contributed by atoms with Gasteiger partial charge in [-0.05, 0) is 37.0 Å². The lowest BCUT2D eigenvalue weighted by Crippen LogP contribution is -2.42. The summed E-state index contributed by atoms with van der Waals surface area (Å²) in [6, 6.07) is 4.49. The first-order chi connectivity index (χ1) is 10.9. The third kappa shape index (κ3) is 4.12. The van der Waals surface area contributed by atoms with Gasteiger partial charge in [0.1, 0.15) is 0 Å². The van der Waals surface area contributed by atoms with Gasteiger partial charge in [0, 0.05) is 18.7 Å². The van der Waals surface area contributed by atoms with Gasteiger partial charge in [-0.15, -0.1) is 0 Å². The van der Waals surface area contributed by atoms with Gasteiger partial charge in [-0.25, -0.2) is 0 Å². The Balaban J connectivity index is 2.18. The van der Waals surface area contributed by atoms with Gasteiger partial charge in [0.15, 0.2) is 11.5 Å². The number of methoxy groups -OCH3 is 1. The van der Waals surface area contributed by atoms with E-state index in [1.54, 1.807) is 11.9 Å². The van der Waals surface area contributed by atoms with E-state index in [-0.39, 0.29) is 23.4 Å². The molecule has 0 saturated heterocycles. The summed E-state index contributed by atoms with van der Waals surface area (Å²) in [5, 5.41) is 0. The molecule has 0 heterocycles. The van der Waals surface area contributed by atoms with E-state index < -0.39 is 6.61 Å². The summed E-state index contributed by atoms with van der Waals surface area (Å²) in [4.78, 5) is 14.4. The van der Waals surface area contributed by atoms with E-state index in [0.29, 0.717) is 11.5 Å². The van der Waals surface area contributed by atoms with Crippen LogP contribution < -0.4 is 9.47 Å². The topological polar surface area (TPSA) is 38.8 Å². The molecule has 6 heteroatoms. The second kappa shape index (κ2) is 7.62. The fraction of sp³-hybridized carbons (Fsp3) is 0.588. The largest absolute Gasteiger partial charge is 0.493 e. The van der Waals surface area contributed by atoms with Gasteiger partial charge in [0.25, 0.3) is 5.91 Å². The predicted molar refractivity (Wildman–Crippen MR) is 83.1 cm³/mol. The number of rotatable bonds is 5. The van der Waals surface area contributed by atoms with Crippen LogP contribution in [0.1, 0.15) is 43.0 Å². The highest BCUT2D eigenvalue weighted by Crippen LogP contribution is 2.32. The normalized spacial score (nSPS) is 21.1. The van der Waals surface area contributed by atoms with E-state index in [9.17, 15) is 13.6 Å². The maximum Gasteiger partial charge on any atom is 0.387 e. The molecule has 128 valence electrons. The highest BCUT2D eigenvalue weighted by Gasteiger charge is 2.28. The van der Waals surface area contributed by atoms with Crippen molar-refractivity contribution in [2.45, 2.75) is 45.3 Å². The first-order valence-corrected chi connectivity index (χ1v) is 7.84. The lowest BCUT2D eigenvalue weighted by atomic mass is 9.85. The van der Waals surface area contributed by atoms with Crippen LogP contribution in [0.25, 0.3) is 0 Å². The molecule has 0 aromatic heterocycles. The third-order valence-corrected chi connectivity index (χ3v) is 4.51. The van der Waals surface area contributed by atoms with E-state index in [1.165, 1.54) is 31.7 Å². The minimum Gasteiger partial charge on any atom is -0.493 e. The van der Waals surface area contributed by atoms with Crippen LogP contribution in [0.4, 0.5) is 8.78 Å². The summed E-state index contributed by atoms with van der Waals surface area (Å²) in [5.74, 6) is 0.376. The van der Waals surface area contributed by atoms with Crippen molar-refractivity contribution in [1.29, 1.82) is 0 Å². The SMILES string of the molecule is COc1cc(C(=O)N(C)C2CCCCC2C)ccc1OC(F)F. The Hall–Kier alpha value is -1.85. The third-order valence-electron chi connectivity index (χ3n) is 4.51. The molecule has 1 aromatic rings. The zero-order valence-corrected chi connectivity index (χ0v) is 13.7. The predicted octanol–water partition coefficient (Wildman–Crippen LogP) is 3.95. The average molecular weight is 327 g/mol. The highest BCUT2D eigenvalue weighted by atomic mass is 19.3. The van der Waals surface area contributed by atoms with Gasteiger partial charge in [0.2, 0.25) is 0 Å². The minimum atomic E-state index is -2.93. The van der Waals surface area contributed by atoms with Crippen molar-refractivity contribution in [3.05, 3.63) is 23.8 Å².